The van der Waals surface area contributed by atoms with Gasteiger partial charge in [-0.2, -0.15) is 0 Å². The molecular formula is C11H15N3O2. The summed E-state index contributed by atoms with van der Waals surface area (Å²) in [5, 5.41) is 10.6. The molecule has 1 aromatic rings. The molecule has 1 saturated heterocycles. The molecular weight excluding hydrogens is 206 g/mol. The van der Waals surface area contributed by atoms with Crippen molar-refractivity contribution < 1.29 is 4.92 Å². The van der Waals surface area contributed by atoms with E-state index in [1.165, 1.54) is 6.07 Å². The largest absolute Gasteiger partial charge is 0.393 e. The molecule has 0 bridgehead atoms. The molecule has 5 heteroatoms. The average molecular weight is 221 g/mol. The van der Waals surface area contributed by atoms with Crippen LogP contribution < -0.4 is 10.6 Å². The molecule has 2 N–H and O–H groups in total. The third kappa shape index (κ3) is 1.93. The van der Waals surface area contributed by atoms with Gasteiger partial charge in [0, 0.05) is 24.8 Å². The summed E-state index contributed by atoms with van der Waals surface area (Å²) >= 11 is 0. The highest BCUT2D eigenvalue weighted by Crippen LogP contribution is 2.29. The van der Waals surface area contributed by atoms with Crippen LogP contribution in [-0.2, 0) is 0 Å². The molecule has 0 aliphatic carbocycles. The van der Waals surface area contributed by atoms with Crippen molar-refractivity contribution in [1.29, 1.82) is 0 Å². The van der Waals surface area contributed by atoms with Crippen LogP contribution in [0.5, 0.6) is 0 Å². The van der Waals surface area contributed by atoms with E-state index in [0.29, 0.717) is 5.92 Å². The van der Waals surface area contributed by atoms with Crippen LogP contribution in [0.25, 0.3) is 0 Å². The van der Waals surface area contributed by atoms with Crippen molar-refractivity contribution in [3.63, 3.8) is 0 Å². The molecule has 0 saturated carbocycles. The van der Waals surface area contributed by atoms with E-state index in [9.17, 15) is 10.1 Å². The lowest BCUT2D eigenvalue weighted by molar-refractivity contribution is -0.383. The van der Waals surface area contributed by atoms with E-state index >= 15 is 0 Å². The number of nitrogens with zero attached hydrogens (tertiary/aromatic N) is 2. The van der Waals surface area contributed by atoms with Gasteiger partial charge < -0.3 is 10.6 Å². The standard InChI is InChI=1S/C11H15N3O2/c1-8-4-5-13(7-8)9-2-3-11(14(15)16)10(12)6-9/h2-3,6,8H,4-5,7,12H2,1H3. The number of nitro groups is 1. The minimum absolute atomic E-state index is 0.0176. The predicted octanol–water partition coefficient (Wildman–Crippen LogP) is 2.02. The number of nitrogens with two attached hydrogens (primary N) is 1. The predicted molar refractivity (Wildman–Crippen MR) is 63.5 cm³/mol. The molecule has 0 aromatic heterocycles. The van der Waals surface area contributed by atoms with Gasteiger partial charge >= 0.3 is 0 Å². The average Bonchev–Trinajstić information content (AvgIpc) is 2.64. The monoisotopic (exact) mass is 221 g/mol. The Hall–Kier alpha value is -1.78. The van der Waals surface area contributed by atoms with Crippen molar-refractivity contribution >= 4 is 17.1 Å². The van der Waals surface area contributed by atoms with E-state index < -0.39 is 4.92 Å². The minimum Gasteiger partial charge on any atom is -0.393 e. The lowest BCUT2D eigenvalue weighted by atomic mass is 10.2. The van der Waals surface area contributed by atoms with Gasteiger partial charge in [-0.3, -0.25) is 10.1 Å². The quantitative estimate of drug-likeness (QED) is 0.471. The Balaban J connectivity index is 2.24. The van der Waals surface area contributed by atoms with Crippen LogP contribution in [0.1, 0.15) is 13.3 Å². The van der Waals surface area contributed by atoms with Crippen LogP contribution in [0.2, 0.25) is 0 Å². The van der Waals surface area contributed by atoms with Gasteiger partial charge in [0.05, 0.1) is 4.92 Å². The molecule has 1 heterocycles. The second kappa shape index (κ2) is 4.00. The molecule has 1 unspecified atom stereocenters. The number of anilines is 2. The molecule has 5 nitrogen and oxygen atoms in total. The first kappa shape index (κ1) is 10.7. The normalized spacial score (nSPS) is 20.1. The highest BCUT2D eigenvalue weighted by molar-refractivity contribution is 5.66. The van der Waals surface area contributed by atoms with Gasteiger partial charge in [0.25, 0.3) is 5.69 Å². The Bertz CT molecular complexity index is 420. The minimum atomic E-state index is -0.453. The number of nitro benzene ring substituents is 1. The van der Waals surface area contributed by atoms with Crippen LogP contribution in [0, 0.1) is 16.0 Å². The second-order valence-corrected chi connectivity index (χ2v) is 4.34. The highest BCUT2D eigenvalue weighted by Gasteiger charge is 2.20. The van der Waals surface area contributed by atoms with Crippen LogP contribution in [-0.4, -0.2) is 18.0 Å². The highest BCUT2D eigenvalue weighted by atomic mass is 16.6. The van der Waals surface area contributed by atoms with E-state index in [4.69, 9.17) is 5.73 Å². The summed E-state index contributed by atoms with van der Waals surface area (Å²) in [5.41, 5.74) is 6.86. The number of benzene rings is 1. The van der Waals surface area contributed by atoms with E-state index in [-0.39, 0.29) is 11.4 Å². The van der Waals surface area contributed by atoms with Gasteiger partial charge in [-0.05, 0) is 24.5 Å². The molecule has 1 aliphatic heterocycles. The van der Waals surface area contributed by atoms with Crippen LogP contribution >= 0.6 is 0 Å². The topological polar surface area (TPSA) is 72.4 Å². The summed E-state index contributed by atoms with van der Waals surface area (Å²) in [5.74, 6) is 0.677. The maximum Gasteiger partial charge on any atom is 0.292 e. The summed E-state index contributed by atoms with van der Waals surface area (Å²) in [7, 11) is 0. The van der Waals surface area contributed by atoms with Gasteiger partial charge in [0.15, 0.2) is 0 Å². The van der Waals surface area contributed by atoms with Crippen LogP contribution in [0.15, 0.2) is 18.2 Å². The molecule has 86 valence electrons. The van der Waals surface area contributed by atoms with Crippen LogP contribution in [0.4, 0.5) is 17.1 Å². The van der Waals surface area contributed by atoms with Crippen molar-refractivity contribution in [3.05, 3.63) is 28.3 Å². The molecule has 1 aromatic carbocycles. The fourth-order valence-corrected chi connectivity index (χ4v) is 2.07. The zero-order valence-electron chi connectivity index (χ0n) is 9.22. The molecule has 0 spiro atoms. The zero-order valence-corrected chi connectivity index (χ0v) is 9.22. The maximum absolute atomic E-state index is 10.6. The Morgan fingerprint density at radius 1 is 1.56 bits per heavy atom. The van der Waals surface area contributed by atoms with Gasteiger partial charge in [-0.25, -0.2) is 0 Å². The van der Waals surface area contributed by atoms with Gasteiger partial charge in [0.2, 0.25) is 0 Å². The number of hydrogen-bond acceptors (Lipinski definition) is 4. The number of nitrogen functional groups attached to an aromatic ring is 1. The van der Waals surface area contributed by atoms with Crippen molar-refractivity contribution in [2.24, 2.45) is 5.92 Å². The van der Waals surface area contributed by atoms with Crippen LogP contribution in [0.3, 0.4) is 0 Å². The number of rotatable bonds is 2. The molecule has 1 atom stereocenters. The van der Waals surface area contributed by atoms with E-state index in [1.54, 1.807) is 12.1 Å². The Morgan fingerprint density at radius 2 is 2.31 bits per heavy atom. The molecule has 1 aliphatic rings. The van der Waals surface area contributed by atoms with E-state index in [2.05, 4.69) is 11.8 Å². The summed E-state index contributed by atoms with van der Waals surface area (Å²) in [6.45, 7) is 4.20. The van der Waals surface area contributed by atoms with Crippen molar-refractivity contribution in [2.45, 2.75) is 13.3 Å². The SMILES string of the molecule is CC1CCN(c2ccc([N+](=O)[O-])c(N)c2)C1. The van der Waals surface area contributed by atoms with Gasteiger partial charge in [0.1, 0.15) is 5.69 Å². The maximum atomic E-state index is 10.6. The molecule has 1 fully saturated rings. The second-order valence-electron chi connectivity index (χ2n) is 4.34. The van der Waals surface area contributed by atoms with E-state index in [0.717, 1.165) is 25.2 Å². The summed E-state index contributed by atoms with van der Waals surface area (Å²) < 4.78 is 0. The third-order valence-corrected chi connectivity index (χ3v) is 3.00. The molecule has 2 rings (SSSR count). The van der Waals surface area contributed by atoms with Crippen molar-refractivity contribution in [3.8, 4) is 0 Å². The first-order valence-electron chi connectivity index (χ1n) is 5.37. The number of hydrogen-bond donors (Lipinski definition) is 1. The summed E-state index contributed by atoms with van der Waals surface area (Å²) in [6, 6.07) is 4.94. The van der Waals surface area contributed by atoms with Crippen molar-refractivity contribution in [1.82, 2.24) is 0 Å². The van der Waals surface area contributed by atoms with Gasteiger partial charge in [-0.1, -0.05) is 6.92 Å². The summed E-state index contributed by atoms with van der Waals surface area (Å²) in [4.78, 5) is 12.4. The first-order valence-corrected chi connectivity index (χ1v) is 5.37. The molecule has 16 heavy (non-hydrogen) atoms. The Morgan fingerprint density at radius 3 is 2.81 bits per heavy atom. The smallest absolute Gasteiger partial charge is 0.292 e. The van der Waals surface area contributed by atoms with Gasteiger partial charge in [-0.15, -0.1) is 0 Å². The third-order valence-electron chi connectivity index (χ3n) is 3.00. The fourth-order valence-electron chi connectivity index (χ4n) is 2.07. The molecule has 0 amide bonds. The first-order chi connectivity index (χ1) is 7.58. The zero-order chi connectivity index (χ0) is 11.7. The van der Waals surface area contributed by atoms with E-state index in [1.807, 2.05) is 0 Å². The molecule has 0 radical (unpaired) electrons. The summed E-state index contributed by atoms with van der Waals surface area (Å²) in [6.07, 6.45) is 1.16. The lowest BCUT2D eigenvalue weighted by Gasteiger charge is -2.18. The Kier molecular flexibility index (Phi) is 2.68. The van der Waals surface area contributed by atoms with Crippen molar-refractivity contribution in [2.75, 3.05) is 23.7 Å². The fraction of sp³-hybridized carbons (Fsp3) is 0.455. The lowest BCUT2D eigenvalue weighted by Crippen LogP contribution is -2.19. The Labute approximate surface area is 94.0 Å².